The Labute approximate surface area is 166 Å². The Morgan fingerprint density at radius 2 is 1.93 bits per heavy atom. The van der Waals surface area contributed by atoms with Crippen molar-refractivity contribution in [2.75, 3.05) is 20.1 Å². The number of nitrogens with one attached hydrogen (secondary N) is 1. The first-order valence-electron chi connectivity index (χ1n) is 9.72. The van der Waals surface area contributed by atoms with Crippen LogP contribution >= 0.6 is 0 Å². The third kappa shape index (κ3) is 4.60. The number of aromatic amines is 1. The molecule has 0 fully saturated rings. The van der Waals surface area contributed by atoms with Gasteiger partial charge in [-0.2, -0.15) is 0 Å². The molecule has 1 aliphatic heterocycles. The van der Waals surface area contributed by atoms with Crippen LogP contribution < -0.4 is 5.73 Å². The summed E-state index contributed by atoms with van der Waals surface area (Å²) in [5.74, 6) is -1.09. The number of aromatic nitrogens is 1. The summed E-state index contributed by atoms with van der Waals surface area (Å²) in [4.78, 5) is 17.1. The van der Waals surface area contributed by atoms with Crippen LogP contribution in [0.4, 0.5) is 4.39 Å². The Balaban J connectivity index is 0.00000136. The van der Waals surface area contributed by atoms with E-state index in [-0.39, 0.29) is 5.56 Å². The molecule has 1 aromatic carbocycles. The van der Waals surface area contributed by atoms with Crippen LogP contribution in [0.5, 0.6) is 0 Å². The van der Waals surface area contributed by atoms with E-state index in [1.807, 2.05) is 45.9 Å². The van der Waals surface area contributed by atoms with Crippen LogP contribution in [0.3, 0.4) is 0 Å². The number of likely N-dealkylation sites (N-methyl/N-ethyl adjacent to an activating group) is 1. The summed E-state index contributed by atoms with van der Waals surface area (Å²) in [7, 11) is 2.10. The fourth-order valence-electron chi connectivity index (χ4n) is 3.39. The van der Waals surface area contributed by atoms with Crippen molar-refractivity contribution < 1.29 is 9.18 Å². The van der Waals surface area contributed by atoms with E-state index >= 15 is 0 Å². The van der Waals surface area contributed by atoms with Gasteiger partial charge in [-0.05, 0) is 44.5 Å². The Morgan fingerprint density at radius 3 is 2.57 bits per heavy atom. The lowest BCUT2D eigenvalue weighted by Gasteiger charge is -2.20. The molecule has 0 atom stereocenters. The second-order valence-corrected chi connectivity index (χ2v) is 6.83. The van der Waals surface area contributed by atoms with Gasteiger partial charge in [0.15, 0.2) is 0 Å². The number of fused-ring (bicyclic) bond motifs is 1. The molecule has 1 aliphatic rings. The van der Waals surface area contributed by atoms with Crippen LogP contribution in [0.15, 0.2) is 35.9 Å². The molecule has 0 bridgehead atoms. The van der Waals surface area contributed by atoms with Crippen molar-refractivity contribution in [1.29, 1.82) is 0 Å². The molecule has 3 rings (SSSR count). The molecular formula is C23H30FN3O. The highest BCUT2D eigenvalue weighted by molar-refractivity contribution is 6.08. The van der Waals surface area contributed by atoms with Crippen molar-refractivity contribution in [2.45, 2.75) is 34.1 Å². The van der Waals surface area contributed by atoms with E-state index in [2.05, 4.69) is 23.0 Å². The van der Waals surface area contributed by atoms with Gasteiger partial charge >= 0.3 is 0 Å². The predicted molar refractivity (Wildman–Crippen MR) is 116 cm³/mol. The Hall–Kier alpha value is -2.66. The monoisotopic (exact) mass is 383 g/mol. The van der Waals surface area contributed by atoms with Gasteiger partial charge in [0.1, 0.15) is 5.82 Å². The zero-order valence-corrected chi connectivity index (χ0v) is 17.4. The number of aryl methyl sites for hydroxylation is 2. The lowest BCUT2D eigenvalue weighted by molar-refractivity contribution is 0.100. The van der Waals surface area contributed by atoms with Crippen molar-refractivity contribution in [1.82, 2.24) is 9.88 Å². The van der Waals surface area contributed by atoms with Crippen LogP contribution in [-0.2, 0) is 0 Å². The van der Waals surface area contributed by atoms with Crippen molar-refractivity contribution in [3.8, 4) is 0 Å². The molecule has 0 saturated heterocycles. The first-order chi connectivity index (χ1) is 13.4. The lowest BCUT2D eigenvalue weighted by atomic mass is 10.0. The number of allylic oxidation sites excluding steroid dienone is 2. The van der Waals surface area contributed by atoms with Gasteiger partial charge in [-0.3, -0.25) is 4.79 Å². The first-order valence-corrected chi connectivity index (χ1v) is 9.72. The topological polar surface area (TPSA) is 62.1 Å². The van der Waals surface area contributed by atoms with Crippen molar-refractivity contribution >= 4 is 22.9 Å². The van der Waals surface area contributed by atoms with Crippen molar-refractivity contribution in [3.63, 3.8) is 0 Å². The number of carbonyl (C=O) groups excluding carboxylic acids is 1. The molecular weight excluding hydrogens is 353 g/mol. The number of hydrogen-bond acceptors (Lipinski definition) is 2. The Kier molecular flexibility index (Phi) is 7.35. The summed E-state index contributed by atoms with van der Waals surface area (Å²) in [6.45, 7) is 9.81. The highest BCUT2D eigenvalue weighted by atomic mass is 19.1. The van der Waals surface area contributed by atoms with Gasteiger partial charge in [0.25, 0.3) is 5.91 Å². The number of amides is 1. The summed E-state index contributed by atoms with van der Waals surface area (Å²) in [5.41, 5.74) is 9.71. The summed E-state index contributed by atoms with van der Waals surface area (Å²) in [6.07, 6.45) is 10.8. The van der Waals surface area contributed by atoms with Crippen LogP contribution in [0.2, 0.25) is 0 Å². The number of H-pyrrole nitrogens is 1. The van der Waals surface area contributed by atoms with E-state index in [9.17, 15) is 9.18 Å². The molecule has 2 aromatic rings. The number of nitrogens with zero attached hydrogens (tertiary/aromatic N) is 1. The maximum atomic E-state index is 14.6. The molecule has 1 amide bonds. The van der Waals surface area contributed by atoms with E-state index in [0.717, 1.165) is 30.8 Å². The minimum atomic E-state index is -0.640. The predicted octanol–water partition coefficient (Wildman–Crippen LogP) is 4.88. The van der Waals surface area contributed by atoms with Crippen LogP contribution in [0.1, 0.15) is 47.4 Å². The van der Waals surface area contributed by atoms with Crippen molar-refractivity contribution in [3.05, 3.63) is 64.1 Å². The lowest BCUT2D eigenvalue weighted by Crippen LogP contribution is -2.24. The molecule has 150 valence electrons. The number of hydrogen-bond donors (Lipinski definition) is 2. The zero-order chi connectivity index (χ0) is 20.8. The summed E-state index contributed by atoms with van der Waals surface area (Å²) >= 11 is 0. The average Bonchev–Trinajstić information content (AvgIpc) is 2.96. The molecule has 1 aromatic heterocycles. The Morgan fingerprint density at radius 1 is 1.25 bits per heavy atom. The minimum absolute atomic E-state index is 0.178. The maximum absolute atomic E-state index is 14.6. The zero-order valence-electron chi connectivity index (χ0n) is 17.4. The largest absolute Gasteiger partial charge is 0.366 e. The molecule has 0 saturated carbocycles. The normalized spacial score (nSPS) is 15.1. The molecule has 0 radical (unpaired) electrons. The van der Waals surface area contributed by atoms with Gasteiger partial charge < -0.3 is 15.6 Å². The molecule has 28 heavy (non-hydrogen) atoms. The van der Waals surface area contributed by atoms with E-state index < -0.39 is 11.7 Å². The van der Waals surface area contributed by atoms with Gasteiger partial charge in [-0.1, -0.05) is 44.2 Å². The standard InChI is InChI=1S/C21H24FN3O.C2H6/c1-13-14(2)24-20-17(21(23)26)11-18(22)16(19(13)20)9-5-4-7-15-8-6-10-25(3)12-15;1-2/h4-5,7-9,11,24H,6,10,12H2,1-3H3,(H2,23,26);1-2H3/b7-4-,9-5+;. The van der Waals surface area contributed by atoms with E-state index in [4.69, 9.17) is 5.73 Å². The second-order valence-electron chi connectivity index (χ2n) is 6.83. The fraction of sp³-hybridized carbons (Fsp3) is 0.348. The number of halogens is 1. The van der Waals surface area contributed by atoms with E-state index in [1.54, 1.807) is 6.08 Å². The van der Waals surface area contributed by atoms with Gasteiger partial charge in [0.2, 0.25) is 0 Å². The molecule has 0 unspecified atom stereocenters. The van der Waals surface area contributed by atoms with Crippen LogP contribution in [0, 0.1) is 19.7 Å². The second kappa shape index (κ2) is 9.51. The quantitative estimate of drug-likeness (QED) is 0.739. The average molecular weight is 384 g/mol. The van der Waals surface area contributed by atoms with Gasteiger partial charge in [0.05, 0.1) is 11.1 Å². The number of primary amides is 1. The molecule has 2 heterocycles. The van der Waals surface area contributed by atoms with Crippen molar-refractivity contribution in [2.24, 2.45) is 5.73 Å². The van der Waals surface area contributed by atoms with Crippen LogP contribution in [0.25, 0.3) is 17.0 Å². The highest BCUT2D eigenvalue weighted by Gasteiger charge is 2.18. The number of benzene rings is 1. The fourth-order valence-corrected chi connectivity index (χ4v) is 3.39. The summed E-state index contributed by atoms with van der Waals surface area (Å²) in [6, 6.07) is 1.21. The van der Waals surface area contributed by atoms with Gasteiger partial charge in [-0.15, -0.1) is 0 Å². The van der Waals surface area contributed by atoms with Gasteiger partial charge in [-0.25, -0.2) is 4.39 Å². The molecule has 5 heteroatoms. The minimum Gasteiger partial charge on any atom is -0.366 e. The third-order valence-electron chi connectivity index (χ3n) is 4.89. The maximum Gasteiger partial charge on any atom is 0.250 e. The smallest absolute Gasteiger partial charge is 0.250 e. The third-order valence-corrected chi connectivity index (χ3v) is 4.89. The highest BCUT2D eigenvalue weighted by Crippen LogP contribution is 2.31. The van der Waals surface area contributed by atoms with Gasteiger partial charge in [0, 0.05) is 29.7 Å². The molecule has 0 spiro atoms. The summed E-state index contributed by atoms with van der Waals surface area (Å²) < 4.78 is 14.6. The molecule has 4 nitrogen and oxygen atoms in total. The first kappa shape index (κ1) is 21.6. The van der Waals surface area contributed by atoms with E-state index in [1.165, 1.54) is 11.6 Å². The van der Waals surface area contributed by atoms with E-state index in [0.29, 0.717) is 16.5 Å². The van der Waals surface area contributed by atoms with Crippen LogP contribution in [-0.4, -0.2) is 35.9 Å². The number of rotatable bonds is 4. The SMILES string of the molecule is CC.Cc1[nH]c2c(C(N)=O)cc(F)c(/C=C/C=C\C3=CCCN(C)C3)c2c1C. The Bertz CT molecular complexity index is 951. The number of nitrogens with two attached hydrogens (primary N) is 1. The molecule has 0 aliphatic carbocycles. The molecule has 3 N–H and O–H groups in total. The number of carbonyl (C=O) groups is 1. The summed E-state index contributed by atoms with van der Waals surface area (Å²) in [5, 5.41) is 0.706.